The number of methoxy groups -OCH3 is 1. The number of piperazine rings is 1. The molecule has 0 saturated carbocycles. The topological polar surface area (TPSA) is 97.6 Å². The molecule has 2 fully saturated rings. The van der Waals surface area contributed by atoms with Crippen molar-refractivity contribution in [1.29, 1.82) is 0 Å². The molecular formula is C22H29N5O4S2. The highest BCUT2D eigenvalue weighted by molar-refractivity contribution is 7.99. The molecule has 1 atom stereocenters. The molecule has 11 heteroatoms. The van der Waals surface area contributed by atoms with Crippen molar-refractivity contribution in [2.24, 2.45) is 0 Å². The van der Waals surface area contributed by atoms with Crippen LogP contribution in [-0.2, 0) is 21.2 Å². The fourth-order valence-electron chi connectivity index (χ4n) is 4.26. The second-order valence-electron chi connectivity index (χ2n) is 8.20. The molecule has 2 aromatic rings. The highest BCUT2D eigenvalue weighted by Gasteiger charge is 2.34. The molecule has 1 aromatic heterocycles. The maximum atomic E-state index is 12.8. The van der Waals surface area contributed by atoms with Crippen molar-refractivity contribution in [1.82, 2.24) is 24.6 Å². The van der Waals surface area contributed by atoms with Crippen LogP contribution < -0.4 is 4.74 Å². The van der Waals surface area contributed by atoms with Gasteiger partial charge in [-0.25, -0.2) is 8.42 Å². The van der Waals surface area contributed by atoms with Gasteiger partial charge < -0.3 is 9.64 Å². The molecule has 4 rings (SSSR count). The number of carbonyl (C=O) groups is 1. The standard InChI is InChI=1S/C22H29N5O4S2/c1-3-9-27-21(17-4-6-19(31-2)7-5-17)23-24-22(27)32-15-20(28)26-12-10-25(11-13-26)18-8-14-33(29,30)16-18/h3-7,18H,1,8-16H2,2H3. The van der Waals surface area contributed by atoms with E-state index >= 15 is 0 Å². The van der Waals surface area contributed by atoms with E-state index in [1.165, 1.54) is 11.8 Å². The Balaban J connectivity index is 1.34. The third-order valence-corrected chi connectivity index (χ3v) is 8.80. The lowest BCUT2D eigenvalue weighted by Gasteiger charge is -2.37. The summed E-state index contributed by atoms with van der Waals surface area (Å²) in [5, 5.41) is 9.32. The van der Waals surface area contributed by atoms with E-state index in [4.69, 9.17) is 4.74 Å². The number of rotatable bonds is 8. The van der Waals surface area contributed by atoms with Crippen LogP contribution in [0.2, 0.25) is 0 Å². The number of aromatic nitrogens is 3. The minimum atomic E-state index is -2.90. The summed E-state index contributed by atoms with van der Waals surface area (Å²) in [6.07, 6.45) is 2.48. The van der Waals surface area contributed by atoms with Crippen LogP contribution in [-0.4, -0.2) is 95.5 Å². The second-order valence-corrected chi connectivity index (χ2v) is 11.4. The average Bonchev–Trinajstić information content (AvgIpc) is 3.40. The summed E-state index contributed by atoms with van der Waals surface area (Å²) < 4.78 is 30.7. The minimum Gasteiger partial charge on any atom is -0.497 e. The monoisotopic (exact) mass is 491 g/mol. The molecule has 1 aromatic carbocycles. The molecule has 0 bridgehead atoms. The number of hydrogen-bond donors (Lipinski definition) is 0. The lowest BCUT2D eigenvalue weighted by Crippen LogP contribution is -2.52. The van der Waals surface area contributed by atoms with Crippen molar-refractivity contribution in [3.05, 3.63) is 36.9 Å². The number of amides is 1. The number of carbonyl (C=O) groups excluding carboxylic acids is 1. The van der Waals surface area contributed by atoms with E-state index in [2.05, 4.69) is 21.7 Å². The first-order valence-electron chi connectivity index (χ1n) is 10.9. The van der Waals surface area contributed by atoms with Gasteiger partial charge in [0.1, 0.15) is 5.75 Å². The maximum Gasteiger partial charge on any atom is 0.233 e. The van der Waals surface area contributed by atoms with Gasteiger partial charge in [-0.2, -0.15) is 0 Å². The summed E-state index contributed by atoms with van der Waals surface area (Å²) in [5.41, 5.74) is 0.911. The lowest BCUT2D eigenvalue weighted by molar-refractivity contribution is -0.130. The Hall–Kier alpha value is -2.37. The predicted octanol–water partition coefficient (Wildman–Crippen LogP) is 1.56. The Morgan fingerprint density at radius 2 is 1.94 bits per heavy atom. The van der Waals surface area contributed by atoms with Crippen LogP contribution in [0, 0.1) is 0 Å². The van der Waals surface area contributed by atoms with E-state index in [1.807, 2.05) is 33.7 Å². The predicted molar refractivity (Wildman–Crippen MR) is 128 cm³/mol. The van der Waals surface area contributed by atoms with Gasteiger partial charge in [0.2, 0.25) is 5.91 Å². The second kappa shape index (κ2) is 10.3. The van der Waals surface area contributed by atoms with Crippen molar-refractivity contribution in [3.8, 4) is 17.1 Å². The molecule has 1 amide bonds. The number of thioether (sulfide) groups is 1. The largest absolute Gasteiger partial charge is 0.497 e. The first-order valence-corrected chi connectivity index (χ1v) is 13.7. The molecular weight excluding hydrogens is 462 g/mol. The molecule has 0 aliphatic carbocycles. The summed E-state index contributed by atoms with van der Waals surface area (Å²) in [7, 11) is -1.27. The summed E-state index contributed by atoms with van der Waals surface area (Å²) in [5.74, 6) is 2.33. The number of nitrogens with zero attached hydrogens (tertiary/aromatic N) is 5. The first kappa shape index (κ1) is 23.8. The Morgan fingerprint density at radius 3 is 2.55 bits per heavy atom. The molecule has 178 valence electrons. The van der Waals surface area contributed by atoms with Crippen LogP contribution in [0.15, 0.2) is 42.1 Å². The SMILES string of the molecule is C=CCn1c(SCC(=O)N2CCN(C3CCS(=O)(=O)C3)CC2)nnc1-c1ccc(OC)cc1. The van der Waals surface area contributed by atoms with E-state index in [1.54, 1.807) is 13.2 Å². The summed E-state index contributed by atoms with van der Waals surface area (Å²) in [6, 6.07) is 7.70. The third kappa shape index (κ3) is 5.59. The summed E-state index contributed by atoms with van der Waals surface area (Å²) in [4.78, 5) is 16.9. The zero-order valence-corrected chi connectivity index (χ0v) is 20.4. The summed E-state index contributed by atoms with van der Waals surface area (Å²) >= 11 is 1.37. The van der Waals surface area contributed by atoms with Gasteiger partial charge in [0.05, 0.1) is 24.4 Å². The summed E-state index contributed by atoms with van der Waals surface area (Å²) in [6.45, 7) is 7.03. The minimum absolute atomic E-state index is 0.0536. The zero-order valence-electron chi connectivity index (χ0n) is 18.7. The normalized spacial score (nSPS) is 20.6. The molecule has 0 radical (unpaired) electrons. The number of ether oxygens (including phenoxy) is 1. The van der Waals surface area contributed by atoms with Gasteiger partial charge in [-0.05, 0) is 30.7 Å². The van der Waals surface area contributed by atoms with Crippen LogP contribution in [0.4, 0.5) is 0 Å². The van der Waals surface area contributed by atoms with Crippen LogP contribution >= 0.6 is 11.8 Å². The van der Waals surface area contributed by atoms with E-state index in [-0.39, 0.29) is 29.2 Å². The van der Waals surface area contributed by atoms with Crippen LogP contribution in [0.1, 0.15) is 6.42 Å². The number of allylic oxidation sites excluding steroid dienone is 1. The van der Waals surface area contributed by atoms with Crippen LogP contribution in [0.5, 0.6) is 5.75 Å². The van der Waals surface area contributed by atoms with E-state index in [0.717, 1.165) is 11.3 Å². The highest BCUT2D eigenvalue weighted by atomic mass is 32.2. The molecule has 2 aliphatic heterocycles. The Bertz CT molecular complexity index is 1090. The maximum absolute atomic E-state index is 12.8. The van der Waals surface area contributed by atoms with Crippen molar-refractivity contribution >= 4 is 27.5 Å². The Kier molecular flexibility index (Phi) is 7.40. The third-order valence-electron chi connectivity index (χ3n) is 6.09. The van der Waals surface area contributed by atoms with Crippen molar-refractivity contribution in [3.63, 3.8) is 0 Å². The fraction of sp³-hybridized carbons (Fsp3) is 0.500. The number of benzene rings is 1. The molecule has 0 spiro atoms. The smallest absolute Gasteiger partial charge is 0.233 e. The van der Waals surface area contributed by atoms with Gasteiger partial charge >= 0.3 is 0 Å². The average molecular weight is 492 g/mol. The number of hydrogen-bond acceptors (Lipinski definition) is 8. The molecule has 2 aliphatic rings. The van der Waals surface area contributed by atoms with Gasteiger partial charge in [0.25, 0.3) is 0 Å². The lowest BCUT2D eigenvalue weighted by atomic mass is 10.2. The van der Waals surface area contributed by atoms with Gasteiger partial charge in [-0.1, -0.05) is 17.8 Å². The van der Waals surface area contributed by atoms with Crippen LogP contribution in [0.25, 0.3) is 11.4 Å². The Labute approximate surface area is 198 Å². The van der Waals surface area contributed by atoms with Crippen molar-refractivity contribution in [2.45, 2.75) is 24.2 Å². The molecule has 1 unspecified atom stereocenters. The van der Waals surface area contributed by atoms with Gasteiger partial charge in [0, 0.05) is 44.3 Å². The molecule has 33 heavy (non-hydrogen) atoms. The van der Waals surface area contributed by atoms with Gasteiger partial charge in [0.15, 0.2) is 20.8 Å². The van der Waals surface area contributed by atoms with Crippen LogP contribution in [0.3, 0.4) is 0 Å². The quantitative estimate of drug-likeness (QED) is 0.405. The fourth-order valence-corrected chi connectivity index (χ4v) is 6.87. The Morgan fingerprint density at radius 1 is 1.21 bits per heavy atom. The van der Waals surface area contributed by atoms with Crippen molar-refractivity contribution < 1.29 is 17.9 Å². The zero-order chi connectivity index (χ0) is 23.4. The van der Waals surface area contributed by atoms with Gasteiger partial charge in [-0.3, -0.25) is 14.3 Å². The van der Waals surface area contributed by atoms with E-state index < -0.39 is 9.84 Å². The van der Waals surface area contributed by atoms with Gasteiger partial charge in [-0.15, -0.1) is 16.8 Å². The van der Waals surface area contributed by atoms with E-state index in [9.17, 15) is 13.2 Å². The molecule has 2 saturated heterocycles. The molecule has 0 N–H and O–H groups in total. The first-order chi connectivity index (χ1) is 15.9. The molecule has 3 heterocycles. The highest BCUT2D eigenvalue weighted by Crippen LogP contribution is 2.26. The van der Waals surface area contributed by atoms with Crippen molar-refractivity contribution in [2.75, 3.05) is 50.5 Å². The van der Waals surface area contributed by atoms with E-state index in [0.29, 0.717) is 50.1 Å². The number of sulfone groups is 1. The molecule has 9 nitrogen and oxygen atoms in total.